The molecule has 0 atom stereocenters. The molecule has 3 aromatic rings. The summed E-state index contributed by atoms with van der Waals surface area (Å²) in [6.45, 7) is 0.452. The maximum Gasteiger partial charge on any atom is 0.407 e. The van der Waals surface area contributed by atoms with E-state index in [0.29, 0.717) is 10.7 Å². The minimum atomic E-state index is -0.491. The smallest absolute Gasteiger partial charge is 0.407 e. The molecule has 0 saturated heterocycles. The molecule has 0 radical (unpaired) electrons. The number of amides is 1. The number of ether oxygens (including phenoxy) is 1. The fourth-order valence-electron chi connectivity index (χ4n) is 3.37. The zero-order valence-electron chi connectivity index (χ0n) is 15.0. The van der Waals surface area contributed by atoms with Crippen molar-refractivity contribution in [2.45, 2.75) is 5.92 Å². The van der Waals surface area contributed by atoms with Gasteiger partial charge in [-0.05, 0) is 40.3 Å². The predicted molar refractivity (Wildman–Crippen MR) is 109 cm³/mol. The van der Waals surface area contributed by atoms with Gasteiger partial charge in [0.2, 0.25) is 0 Å². The molecular weight excluding hydrogens is 372 g/mol. The number of pyridine rings is 1. The van der Waals surface area contributed by atoms with E-state index in [9.17, 15) is 4.79 Å². The molecule has 0 spiro atoms. The molecule has 1 N–H and O–H groups in total. The van der Waals surface area contributed by atoms with Crippen molar-refractivity contribution in [1.29, 1.82) is 0 Å². The van der Waals surface area contributed by atoms with Crippen molar-refractivity contribution in [3.63, 3.8) is 0 Å². The van der Waals surface area contributed by atoms with Gasteiger partial charge in [-0.25, -0.2) is 9.78 Å². The highest BCUT2D eigenvalue weighted by Crippen LogP contribution is 2.44. The molecule has 0 bridgehead atoms. The van der Waals surface area contributed by atoms with E-state index in [1.54, 1.807) is 18.3 Å². The Hall–Kier alpha value is -3.29. The van der Waals surface area contributed by atoms with Gasteiger partial charge in [0.05, 0.1) is 6.54 Å². The molecule has 4 nitrogen and oxygen atoms in total. The molecule has 0 saturated carbocycles. The number of hydrogen-bond donors (Lipinski definition) is 1. The second-order valence-corrected chi connectivity index (χ2v) is 6.78. The lowest BCUT2D eigenvalue weighted by molar-refractivity contribution is 0.144. The number of alkyl carbamates (subject to hydrolysis) is 1. The van der Waals surface area contributed by atoms with Crippen LogP contribution in [0.2, 0.25) is 5.02 Å². The van der Waals surface area contributed by atoms with E-state index in [1.165, 1.54) is 22.3 Å². The third kappa shape index (κ3) is 3.85. The largest absolute Gasteiger partial charge is 0.449 e. The first-order chi connectivity index (χ1) is 13.7. The van der Waals surface area contributed by atoms with Crippen molar-refractivity contribution >= 4 is 17.7 Å². The summed E-state index contributed by atoms with van der Waals surface area (Å²) < 4.78 is 5.46. The predicted octanol–water partition coefficient (Wildman–Crippen LogP) is 4.63. The first-order valence-corrected chi connectivity index (χ1v) is 9.29. The Balaban J connectivity index is 1.35. The number of rotatable bonds is 3. The van der Waals surface area contributed by atoms with Crippen LogP contribution in [0.25, 0.3) is 11.1 Å². The maximum absolute atomic E-state index is 12.1. The zero-order valence-corrected chi connectivity index (χ0v) is 15.7. The second kappa shape index (κ2) is 8.16. The van der Waals surface area contributed by atoms with Gasteiger partial charge >= 0.3 is 6.09 Å². The lowest BCUT2D eigenvalue weighted by Gasteiger charge is -2.14. The van der Waals surface area contributed by atoms with Crippen LogP contribution in [0.15, 0.2) is 66.9 Å². The number of hydrogen-bond acceptors (Lipinski definition) is 3. The lowest BCUT2D eigenvalue weighted by Crippen LogP contribution is -2.26. The summed E-state index contributed by atoms with van der Waals surface area (Å²) in [4.78, 5) is 16.1. The van der Waals surface area contributed by atoms with E-state index < -0.39 is 6.09 Å². The monoisotopic (exact) mass is 388 g/mol. The molecule has 1 amide bonds. The number of halogens is 1. The van der Waals surface area contributed by atoms with Gasteiger partial charge in [-0.1, -0.05) is 66.1 Å². The van der Waals surface area contributed by atoms with Crippen LogP contribution >= 0.6 is 11.6 Å². The lowest BCUT2D eigenvalue weighted by atomic mass is 9.98. The Morgan fingerprint density at radius 2 is 1.75 bits per heavy atom. The standard InChI is InChI=1S/C23H17ClN2O2/c24-16-11-13-25-17(14-16)6-5-12-26-23(27)28-15-22-20-9-3-1-7-18(20)19-8-2-4-10-21(19)22/h1-4,7-11,13-14,22H,12,15H2,(H,26,27). The summed E-state index contributed by atoms with van der Waals surface area (Å²) in [5.41, 5.74) is 5.33. The summed E-state index contributed by atoms with van der Waals surface area (Å²) in [5, 5.41) is 3.22. The van der Waals surface area contributed by atoms with Crippen LogP contribution in [-0.4, -0.2) is 24.2 Å². The Bertz CT molecular complexity index is 1040. The van der Waals surface area contributed by atoms with Crippen molar-refractivity contribution < 1.29 is 9.53 Å². The quantitative estimate of drug-likeness (QED) is 0.666. The Morgan fingerprint density at radius 3 is 2.43 bits per heavy atom. The molecule has 138 valence electrons. The Kier molecular flexibility index (Phi) is 5.27. The summed E-state index contributed by atoms with van der Waals surface area (Å²) >= 11 is 5.89. The van der Waals surface area contributed by atoms with Gasteiger partial charge in [-0.3, -0.25) is 0 Å². The summed E-state index contributed by atoms with van der Waals surface area (Å²) in [7, 11) is 0. The van der Waals surface area contributed by atoms with Crippen molar-refractivity contribution in [3.05, 3.63) is 88.7 Å². The van der Waals surface area contributed by atoms with Crippen LogP contribution in [0.5, 0.6) is 0 Å². The highest BCUT2D eigenvalue weighted by molar-refractivity contribution is 6.30. The van der Waals surface area contributed by atoms with E-state index in [0.717, 1.165) is 0 Å². The van der Waals surface area contributed by atoms with Crippen LogP contribution in [0.1, 0.15) is 22.7 Å². The highest BCUT2D eigenvalue weighted by atomic mass is 35.5. The van der Waals surface area contributed by atoms with E-state index >= 15 is 0 Å². The van der Waals surface area contributed by atoms with Crippen LogP contribution in [0.3, 0.4) is 0 Å². The third-order valence-corrected chi connectivity index (χ3v) is 4.84. The fraction of sp³-hybridized carbons (Fsp3) is 0.130. The van der Waals surface area contributed by atoms with Gasteiger partial charge in [0.15, 0.2) is 0 Å². The van der Waals surface area contributed by atoms with Gasteiger partial charge in [0.1, 0.15) is 12.3 Å². The van der Waals surface area contributed by atoms with Gasteiger partial charge in [0, 0.05) is 17.1 Å². The number of nitrogens with zero attached hydrogens (tertiary/aromatic N) is 1. The van der Waals surface area contributed by atoms with E-state index in [4.69, 9.17) is 16.3 Å². The molecule has 0 fully saturated rings. The molecule has 0 unspecified atom stereocenters. The number of benzene rings is 2. The number of carbonyl (C=O) groups is 1. The molecule has 5 heteroatoms. The highest BCUT2D eigenvalue weighted by Gasteiger charge is 2.28. The Labute approximate surface area is 168 Å². The van der Waals surface area contributed by atoms with Gasteiger partial charge in [0.25, 0.3) is 0 Å². The van der Waals surface area contributed by atoms with Crippen molar-refractivity contribution in [2.24, 2.45) is 0 Å². The SMILES string of the molecule is O=C(NCC#Cc1cc(Cl)ccn1)OCC1c2ccccc2-c2ccccc21. The molecule has 0 aliphatic heterocycles. The van der Waals surface area contributed by atoms with Gasteiger partial charge in [-0.2, -0.15) is 0 Å². The minimum Gasteiger partial charge on any atom is -0.449 e. The van der Waals surface area contributed by atoms with E-state index in [1.807, 2.05) is 24.3 Å². The average molecular weight is 389 g/mol. The number of carbonyl (C=O) groups excluding carboxylic acids is 1. The van der Waals surface area contributed by atoms with Crippen LogP contribution in [-0.2, 0) is 4.74 Å². The van der Waals surface area contributed by atoms with Crippen molar-refractivity contribution in [2.75, 3.05) is 13.2 Å². The van der Waals surface area contributed by atoms with Crippen LogP contribution < -0.4 is 5.32 Å². The minimum absolute atomic E-state index is 0.0416. The first kappa shape index (κ1) is 18.1. The average Bonchev–Trinajstić information content (AvgIpc) is 3.04. The number of nitrogens with one attached hydrogen (secondary N) is 1. The van der Waals surface area contributed by atoms with Crippen LogP contribution in [0.4, 0.5) is 4.79 Å². The summed E-state index contributed by atoms with van der Waals surface area (Å²) in [5.74, 6) is 5.73. The van der Waals surface area contributed by atoms with Gasteiger partial charge in [-0.15, -0.1) is 0 Å². The molecule has 1 aliphatic carbocycles. The van der Waals surface area contributed by atoms with Crippen LogP contribution in [0, 0.1) is 11.8 Å². The van der Waals surface area contributed by atoms with E-state index in [-0.39, 0.29) is 19.1 Å². The normalized spacial score (nSPS) is 11.8. The van der Waals surface area contributed by atoms with Crippen molar-refractivity contribution in [3.8, 4) is 23.0 Å². The molecule has 4 rings (SSSR count). The van der Waals surface area contributed by atoms with E-state index in [2.05, 4.69) is 46.4 Å². The number of fused-ring (bicyclic) bond motifs is 3. The summed E-state index contributed by atoms with van der Waals surface area (Å²) in [6, 6.07) is 19.8. The molecular formula is C23H17ClN2O2. The molecule has 1 aliphatic rings. The molecule has 1 heterocycles. The maximum atomic E-state index is 12.1. The molecule has 28 heavy (non-hydrogen) atoms. The second-order valence-electron chi connectivity index (χ2n) is 6.34. The van der Waals surface area contributed by atoms with Gasteiger partial charge < -0.3 is 10.1 Å². The Morgan fingerprint density at radius 1 is 1.07 bits per heavy atom. The number of aromatic nitrogens is 1. The first-order valence-electron chi connectivity index (χ1n) is 8.91. The molecule has 2 aromatic carbocycles. The third-order valence-electron chi connectivity index (χ3n) is 4.60. The fourth-order valence-corrected chi connectivity index (χ4v) is 3.53. The topological polar surface area (TPSA) is 51.2 Å². The van der Waals surface area contributed by atoms with Crippen molar-refractivity contribution in [1.82, 2.24) is 10.3 Å². The molecule has 1 aromatic heterocycles. The summed E-state index contributed by atoms with van der Waals surface area (Å²) in [6.07, 6.45) is 1.10. The zero-order chi connectivity index (χ0) is 19.3.